The zero-order chi connectivity index (χ0) is 19.0. The molecule has 25 heavy (non-hydrogen) atoms. The summed E-state index contributed by atoms with van der Waals surface area (Å²) in [5.74, 6) is -0.0460. The van der Waals surface area contributed by atoms with Crippen LogP contribution in [-0.2, 0) is 6.18 Å². The highest BCUT2D eigenvalue weighted by molar-refractivity contribution is 6.32. The first kappa shape index (κ1) is 19.2. The molecule has 0 aliphatic rings. The Kier molecular flexibility index (Phi) is 5.13. The second kappa shape index (κ2) is 6.67. The smallest absolute Gasteiger partial charge is 0.379 e. The quantitative estimate of drug-likeness (QED) is 0.876. The molecule has 136 valence electrons. The van der Waals surface area contributed by atoms with Gasteiger partial charge in [-0.15, -0.1) is 0 Å². The summed E-state index contributed by atoms with van der Waals surface area (Å²) in [4.78, 5) is 16.0. The van der Waals surface area contributed by atoms with E-state index in [0.717, 1.165) is 16.8 Å². The van der Waals surface area contributed by atoms with Gasteiger partial charge >= 0.3 is 6.18 Å². The Bertz CT molecular complexity index is 810. The molecule has 0 amide bonds. The lowest BCUT2D eigenvalue weighted by atomic mass is 9.88. The molecule has 0 saturated heterocycles. The van der Waals surface area contributed by atoms with Crippen molar-refractivity contribution in [3.05, 3.63) is 45.5 Å². The summed E-state index contributed by atoms with van der Waals surface area (Å²) in [6, 6.07) is 1.91. The predicted octanol–water partition coefficient (Wildman–Crippen LogP) is 4.15. The standard InChI is InChI=1S/C16H18ClF3N4O/c1-9(15(2,3)4)23-11-8-22-24(14(25)13(11)17)12-6-5-10(7-21-12)16(18,19)20/h5-9,23H,1-4H3. The van der Waals surface area contributed by atoms with E-state index in [-0.39, 0.29) is 22.3 Å². The highest BCUT2D eigenvalue weighted by Crippen LogP contribution is 2.29. The molecule has 0 fully saturated rings. The number of rotatable bonds is 3. The molecule has 5 nitrogen and oxygen atoms in total. The third-order valence-electron chi connectivity index (χ3n) is 3.88. The zero-order valence-corrected chi connectivity index (χ0v) is 14.9. The van der Waals surface area contributed by atoms with Crippen LogP contribution in [0.2, 0.25) is 5.02 Å². The largest absolute Gasteiger partial charge is 0.417 e. The second-order valence-corrected chi connectivity index (χ2v) is 7.10. The first-order valence-electron chi connectivity index (χ1n) is 7.49. The van der Waals surface area contributed by atoms with E-state index in [0.29, 0.717) is 11.9 Å². The molecule has 2 heterocycles. The van der Waals surface area contributed by atoms with Crippen molar-refractivity contribution in [2.75, 3.05) is 5.32 Å². The summed E-state index contributed by atoms with van der Waals surface area (Å²) in [6.07, 6.45) is -2.51. The molecular weight excluding hydrogens is 357 g/mol. The molecule has 1 atom stereocenters. The summed E-state index contributed by atoms with van der Waals surface area (Å²) in [5.41, 5.74) is -1.29. The van der Waals surface area contributed by atoms with Crippen LogP contribution in [0.3, 0.4) is 0 Å². The summed E-state index contributed by atoms with van der Waals surface area (Å²) in [7, 11) is 0. The van der Waals surface area contributed by atoms with Crippen LogP contribution in [0.25, 0.3) is 5.82 Å². The van der Waals surface area contributed by atoms with Crippen molar-refractivity contribution in [2.24, 2.45) is 5.41 Å². The van der Waals surface area contributed by atoms with Crippen LogP contribution in [0.15, 0.2) is 29.3 Å². The van der Waals surface area contributed by atoms with Crippen LogP contribution >= 0.6 is 11.6 Å². The lowest BCUT2D eigenvalue weighted by Gasteiger charge is -2.29. The summed E-state index contributed by atoms with van der Waals surface area (Å²) in [5, 5.41) is 6.97. The molecule has 0 saturated carbocycles. The average Bonchev–Trinajstić information content (AvgIpc) is 2.50. The fourth-order valence-corrected chi connectivity index (χ4v) is 2.01. The van der Waals surface area contributed by atoms with Crippen LogP contribution in [-0.4, -0.2) is 20.8 Å². The first-order valence-corrected chi connectivity index (χ1v) is 7.87. The van der Waals surface area contributed by atoms with Gasteiger partial charge in [-0.25, -0.2) is 4.98 Å². The van der Waals surface area contributed by atoms with Gasteiger partial charge in [0.15, 0.2) is 5.82 Å². The number of nitrogens with one attached hydrogen (secondary N) is 1. The molecule has 2 aromatic heterocycles. The molecule has 0 aliphatic heterocycles. The van der Waals surface area contributed by atoms with Gasteiger partial charge in [0.1, 0.15) is 5.02 Å². The monoisotopic (exact) mass is 374 g/mol. The molecule has 0 spiro atoms. The Morgan fingerprint density at radius 3 is 2.32 bits per heavy atom. The molecule has 1 N–H and O–H groups in total. The van der Waals surface area contributed by atoms with E-state index in [1.54, 1.807) is 0 Å². The average molecular weight is 375 g/mol. The number of anilines is 1. The van der Waals surface area contributed by atoms with Gasteiger partial charge in [0, 0.05) is 12.2 Å². The number of halogens is 4. The van der Waals surface area contributed by atoms with Gasteiger partial charge in [-0.2, -0.15) is 23.0 Å². The fraction of sp³-hybridized carbons (Fsp3) is 0.438. The SMILES string of the molecule is CC(Nc1cnn(-c2ccc(C(F)(F)F)cn2)c(=O)c1Cl)C(C)(C)C. The number of alkyl halides is 3. The number of hydrogen-bond acceptors (Lipinski definition) is 4. The number of pyridine rings is 1. The van der Waals surface area contributed by atoms with E-state index in [9.17, 15) is 18.0 Å². The Labute approximate surface area is 147 Å². The highest BCUT2D eigenvalue weighted by Gasteiger charge is 2.31. The molecule has 0 aromatic carbocycles. The Balaban J connectivity index is 2.36. The van der Waals surface area contributed by atoms with Crippen molar-refractivity contribution < 1.29 is 13.2 Å². The minimum absolute atomic E-state index is 0.00578. The lowest BCUT2D eigenvalue weighted by molar-refractivity contribution is -0.137. The minimum Gasteiger partial charge on any atom is -0.379 e. The van der Waals surface area contributed by atoms with Crippen molar-refractivity contribution in [1.29, 1.82) is 0 Å². The zero-order valence-electron chi connectivity index (χ0n) is 14.1. The van der Waals surface area contributed by atoms with E-state index in [2.05, 4.69) is 15.4 Å². The third kappa shape index (κ3) is 4.31. The maximum atomic E-state index is 12.6. The molecule has 0 bridgehead atoms. The van der Waals surface area contributed by atoms with Gasteiger partial charge in [-0.1, -0.05) is 32.4 Å². The van der Waals surface area contributed by atoms with Crippen molar-refractivity contribution in [3.63, 3.8) is 0 Å². The van der Waals surface area contributed by atoms with E-state index >= 15 is 0 Å². The summed E-state index contributed by atoms with van der Waals surface area (Å²) in [6.45, 7) is 8.03. The van der Waals surface area contributed by atoms with Crippen LogP contribution in [0.4, 0.5) is 18.9 Å². The first-order chi connectivity index (χ1) is 11.4. The van der Waals surface area contributed by atoms with Crippen LogP contribution < -0.4 is 10.9 Å². The predicted molar refractivity (Wildman–Crippen MR) is 90.2 cm³/mol. The molecule has 2 aromatic rings. The molecule has 2 rings (SSSR count). The van der Waals surface area contributed by atoms with Gasteiger partial charge in [0.25, 0.3) is 5.56 Å². The van der Waals surface area contributed by atoms with E-state index < -0.39 is 17.3 Å². The maximum Gasteiger partial charge on any atom is 0.417 e. The Morgan fingerprint density at radius 2 is 1.84 bits per heavy atom. The van der Waals surface area contributed by atoms with E-state index in [4.69, 9.17) is 11.6 Å². The fourth-order valence-electron chi connectivity index (χ4n) is 1.83. The molecule has 0 aliphatic carbocycles. The lowest BCUT2D eigenvalue weighted by Crippen LogP contribution is -2.32. The van der Waals surface area contributed by atoms with Crippen LogP contribution in [0, 0.1) is 5.41 Å². The number of hydrogen-bond donors (Lipinski definition) is 1. The molecule has 9 heteroatoms. The normalized spacial score (nSPS) is 13.6. The van der Waals surface area contributed by atoms with Gasteiger partial charge in [-0.3, -0.25) is 4.79 Å². The van der Waals surface area contributed by atoms with Gasteiger partial charge in [0.05, 0.1) is 17.4 Å². The molecular formula is C16H18ClF3N4O. The van der Waals surface area contributed by atoms with Crippen LogP contribution in [0.5, 0.6) is 0 Å². The topological polar surface area (TPSA) is 59.8 Å². The van der Waals surface area contributed by atoms with E-state index in [1.807, 2.05) is 27.7 Å². The van der Waals surface area contributed by atoms with Crippen LogP contribution in [0.1, 0.15) is 33.3 Å². The minimum atomic E-state index is -4.50. The third-order valence-corrected chi connectivity index (χ3v) is 4.25. The van der Waals surface area contributed by atoms with Gasteiger partial charge in [-0.05, 0) is 24.5 Å². The number of aromatic nitrogens is 3. The Morgan fingerprint density at radius 1 is 1.20 bits per heavy atom. The Hall–Kier alpha value is -2.09. The van der Waals surface area contributed by atoms with Crippen molar-refractivity contribution in [3.8, 4) is 5.82 Å². The van der Waals surface area contributed by atoms with Gasteiger partial charge < -0.3 is 5.32 Å². The van der Waals surface area contributed by atoms with Gasteiger partial charge in [0.2, 0.25) is 0 Å². The van der Waals surface area contributed by atoms with Crippen molar-refractivity contribution >= 4 is 17.3 Å². The highest BCUT2D eigenvalue weighted by atomic mass is 35.5. The summed E-state index contributed by atoms with van der Waals surface area (Å²) >= 11 is 6.10. The number of nitrogens with zero attached hydrogens (tertiary/aromatic N) is 3. The molecule has 1 unspecified atom stereocenters. The second-order valence-electron chi connectivity index (χ2n) is 6.72. The van der Waals surface area contributed by atoms with Crippen molar-refractivity contribution in [2.45, 2.75) is 39.9 Å². The molecule has 0 radical (unpaired) electrons. The summed E-state index contributed by atoms with van der Waals surface area (Å²) < 4.78 is 38.6. The maximum absolute atomic E-state index is 12.6. The van der Waals surface area contributed by atoms with Crippen molar-refractivity contribution in [1.82, 2.24) is 14.8 Å². The van der Waals surface area contributed by atoms with E-state index in [1.165, 1.54) is 6.20 Å².